The SMILES string of the molecule is COc1ccccc1Nc1nc(Cl)nc2sc(C)cc12. The number of nitrogens with one attached hydrogen (secondary N) is 1. The van der Waals surface area contributed by atoms with Crippen LogP contribution in [0.25, 0.3) is 10.2 Å². The Labute approximate surface area is 125 Å². The van der Waals surface area contributed by atoms with Crippen molar-refractivity contribution in [3.8, 4) is 5.75 Å². The van der Waals surface area contributed by atoms with E-state index in [0.29, 0.717) is 5.82 Å². The minimum atomic E-state index is 0.233. The van der Waals surface area contributed by atoms with Gasteiger partial charge in [0.05, 0.1) is 18.2 Å². The van der Waals surface area contributed by atoms with E-state index in [-0.39, 0.29) is 5.28 Å². The van der Waals surface area contributed by atoms with Crippen LogP contribution >= 0.6 is 22.9 Å². The predicted molar refractivity (Wildman–Crippen MR) is 83.4 cm³/mol. The summed E-state index contributed by atoms with van der Waals surface area (Å²) in [7, 11) is 1.64. The number of benzene rings is 1. The molecule has 0 aliphatic heterocycles. The van der Waals surface area contributed by atoms with Crippen molar-refractivity contribution in [2.75, 3.05) is 12.4 Å². The van der Waals surface area contributed by atoms with Gasteiger partial charge in [0, 0.05) is 4.88 Å². The van der Waals surface area contributed by atoms with Crippen molar-refractivity contribution in [3.63, 3.8) is 0 Å². The Morgan fingerprint density at radius 1 is 1.25 bits per heavy atom. The average molecular weight is 306 g/mol. The molecule has 3 rings (SSSR count). The molecule has 0 spiro atoms. The second kappa shape index (κ2) is 5.26. The van der Waals surface area contributed by atoms with E-state index < -0.39 is 0 Å². The van der Waals surface area contributed by atoms with Gasteiger partial charge in [-0.15, -0.1) is 11.3 Å². The van der Waals surface area contributed by atoms with Crippen molar-refractivity contribution in [3.05, 3.63) is 40.5 Å². The Morgan fingerprint density at radius 2 is 2.05 bits per heavy atom. The first kappa shape index (κ1) is 13.1. The molecule has 102 valence electrons. The van der Waals surface area contributed by atoms with Gasteiger partial charge in [-0.2, -0.15) is 4.98 Å². The van der Waals surface area contributed by atoms with Crippen LogP contribution in [-0.2, 0) is 0 Å². The van der Waals surface area contributed by atoms with Gasteiger partial charge in [0.2, 0.25) is 5.28 Å². The van der Waals surface area contributed by atoms with Crippen LogP contribution in [0, 0.1) is 6.92 Å². The Balaban J connectivity index is 2.10. The van der Waals surface area contributed by atoms with Gasteiger partial charge in [0.25, 0.3) is 0 Å². The summed E-state index contributed by atoms with van der Waals surface area (Å²) in [4.78, 5) is 10.6. The normalized spacial score (nSPS) is 10.8. The molecule has 0 saturated carbocycles. The maximum absolute atomic E-state index is 5.99. The van der Waals surface area contributed by atoms with Crippen molar-refractivity contribution < 1.29 is 4.74 Å². The number of hydrogen-bond donors (Lipinski definition) is 1. The fourth-order valence-electron chi connectivity index (χ4n) is 1.99. The Hall–Kier alpha value is -1.85. The molecule has 0 aliphatic carbocycles. The number of aromatic nitrogens is 2. The second-order valence-electron chi connectivity index (χ2n) is 4.24. The minimum absolute atomic E-state index is 0.233. The predicted octanol–water partition coefficient (Wildman–Crippen LogP) is 4.41. The Kier molecular flexibility index (Phi) is 3.46. The number of methoxy groups -OCH3 is 1. The molecule has 0 atom stereocenters. The molecule has 6 heteroatoms. The van der Waals surface area contributed by atoms with Crippen molar-refractivity contribution in [2.24, 2.45) is 0 Å². The highest BCUT2D eigenvalue weighted by molar-refractivity contribution is 7.18. The lowest BCUT2D eigenvalue weighted by molar-refractivity contribution is 0.417. The molecular formula is C14H12ClN3OS. The van der Waals surface area contributed by atoms with Crippen molar-refractivity contribution in [2.45, 2.75) is 6.92 Å². The summed E-state index contributed by atoms with van der Waals surface area (Å²) >= 11 is 7.58. The van der Waals surface area contributed by atoms with E-state index in [0.717, 1.165) is 21.7 Å². The number of halogens is 1. The lowest BCUT2D eigenvalue weighted by Crippen LogP contribution is -1.98. The number of para-hydroxylation sites is 2. The summed E-state index contributed by atoms with van der Waals surface area (Å²) in [6.07, 6.45) is 0. The quantitative estimate of drug-likeness (QED) is 0.728. The second-order valence-corrected chi connectivity index (χ2v) is 5.82. The summed E-state index contributed by atoms with van der Waals surface area (Å²) in [6, 6.07) is 9.72. The molecule has 0 unspecified atom stereocenters. The maximum Gasteiger partial charge on any atom is 0.225 e. The number of anilines is 2. The van der Waals surface area contributed by atoms with Gasteiger partial charge in [-0.05, 0) is 36.7 Å². The number of hydrogen-bond acceptors (Lipinski definition) is 5. The zero-order valence-electron chi connectivity index (χ0n) is 11.0. The van der Waals surface area contributed by atoms with Gasteiger partial charge < -0.3 is 10.1 Å². The van der Waals surface area contributed by atoms with Crippen LogP contribution in [-0.4, -0.2) is 17.1 Å². The van der Waals surface area contributed by atoms with Crippen LogP contribution in [0.4, 0.5) is 11.5 Å². The monoisotopic (exact) mass is 305 g/mol. The molecule has 0 amide bonds. The lowest BCUT2D eigenvalue weighted by Gasteiger charge is -2.10. The highest BCUT2D eigenvalue weighted by Crippen LogP contribution is 2.33. The van der Waals surface area contributed by atoms with Gasteiger partial charge in [-0.25, -0.2) is 4.98 Å². The van der Waals surface area contributed by atoms with Gasteiger partial charge in [0.15, 0.2) is 0 Å². The van der Waals surface area contributed by atoms with E-state index in [1.54, 1.807) is 18.4 Å². The van der Waals surface area contributed by atoms with Crippen molar-refractivity contribution >= 4 is 44.7 Å². The first-order valence-corrected chi connectivity index (χ1v) is 7.20. The lowest BCUT2D eigenvalue weighted by atomic mass is 10.2. The number of nitrogens with zero attached hydrogens (tertiary/aromatic N) is 2. The highest BCUT2D eigenvalue weighted by Gasteiger charge is 2.11. The van der Waals surface area contributed by atoms with E-state index in [4.69, 9.17) is 16.3 Å². The first-order valence-electron chi connectivity index (χ1n) is 6.01. The third-order valence-electron chi connectivity index (χ3n) is 2.85. The standard InChI is InChI=1S/C14H12ClN3OS/c1-8-7-9-12(17-14(15)18-13(9)20-8)16-10-5-3-4-6-11(10)19-2/h3-7H,1-2H3,(H,16,17,18). The summed E-state index contributed by atoms with van der Waals surface area (Å²) < 4.78 is 5.33. The van der Waals surface area contributed by atoms with E-state index in [1.807, 2.05) is 37.3 Å². The van der Waals surface area contributed by atoms with Gasteiger partial charge >= 0.3 is 0 Å². The Morgan fingerprint density at radius 3 is 2.85 bits per heavy atom. The minimum Gasteiger partial charge on any atom is -0.495 e. The van der Waals surface area contributed by atoms with Crippen LogP contribution in [0.3, 0.4) is 0 Å². The van der Waals surface area contributed by atoms with Crippen LogP contribution in [0.15, 0.2) is 30.3 Å². The van der Waals surface area contributed by atoms with E-state index >= 15 is 0 Å². The van der Waals surface area contributed by atoms with Crippen LogP contribution in [0.5, 0.6) is 5.75 Å². The van der Waals surface area contributed by atoms with E-state index in [1.165, 1.54) is 4.88 Å². The van der Waals surface area contributed by atoms with E-state index in [9.17, 15) is 0 Å². The largest absolute Gasteiger partial charge is 0.495 e. The van der Waals surface area contributed by atoms with Crippen LogP contribution in [0.2, 0.25) is 5.28 Å². The third kappa shape index (κ3) is 2.42. The summed E-state index contributed by atoms with van der Waals surface area (Å²) in [5.74, 6) is 1.44. The molecule has 3 aromatic rings. The number of rotatable bonds is 3. The molecule has 0 bridgehead atoms. The van der Waals surface area contributed by atoms with Crippen LogP contribution < -0.4 is 10.1 Å². The topological polar surface area (TPSA) is 47.0 Å². The average Bonchev–Trinajstić information content (AvgIpc) is 2.79. The molecule has 0 fully saturated rings. The molecule has 0 saturated heterocycles. The highest BCUT2D eigenvalue weighted by atomic mass is 35.5. The van der Waals surface area contributed by atoms with E-state index in [2.05, 4.69) is 15.3 Å². The molecule has 20 heavy (non-hydrogen) atoms. The number of ether oxygens (including phenoxy) is 1. The fraction of sp³-hybridized carbons (Fsp3) is 0.143. The number of fused-ring (bicyclic) bond motifs is 1. The van der Waals surface area contributed by atoms with Gasteiger partial charge in [0.1, 0.15) is 16.4 Å². The third-order valence-corrected chi connectivity index (χ3v) is 3.96. The molecule has 1 aromatic carbocycles. The molecule has 0 aliphatic rings. The zero-order valence-corrected chi connectivity index (χ0v) is 12.5. The first-order chi connectivity index (χ1) is 9.67. The zero-order chi connectivity index (χ0) is 14.1. The number of aryl methyl sites for hydroxylation is 1. The Bertz CT molecular complexity index is 772. The van der Waals surface area contributed by atoms with Crippen molar-refractivity contribution in [1.29, 1.82) is 0 Å². The summed E-state index contributed by atoms with van der Waals surface area (Å²) in [5.41, 5.74) is 0.843. The smallest absolute Gasteiger partial charge is 0.225 e. The molecule has 0 radical (unpaired) electrons. The summed E-state index contributed by atoms with van der Waals surface area (Å²) in [6.45, 7) is 2.03. The van der Waals surface area contributed by atoms with Crippen LogP contribution in [0.1, 0.15) is 4.88 Å². The van der Waals surface area contributed by atoms with Gasteiger partial charge in [-0.3, -0.25) is 0 Å². The molecule has 1 N–H and O–H groups in total. The van der Waals surface area contributed by atoms with Crippen molar-refractivity contribution in [1.82, 2.24) is 9.97 Å². The fourth-order valence-corrected chi connectivity index (χ4v) is 3.09. The molecule has 2 aromatic heterocycles. The number of thiophene rings is 1. The molecular weight excluding hydrogens is 294 g/mol. The molecule has 2 heterocycles. The summed E-state index contributed by atoms with van der Waals surface area (Å²) in [5, 5.41) is 4.46. The molecule has 4 nitrogen and oxygen atoms in total. The van der Waals surface area contributed by atoms with Gasteiger partial charge in [-0.1, -0.05) is 12.1 Å². The maximum atomic E-state index is 5.99.